The molecule has 60 heavy (non-hydrogen) atoms. The van der Waals surface area contributed by atoms with Crippen molar-refractivity contribution in [2.45, 2.75) is 0 Å². The van der Waals surface area contributed by atoms with Gasteiger partial charge < -0.3 is 0 Å². The Morgan fingerprint density at radius 2 is 0.500 bits per heavy atom. The molecule has 0 saturated carbocycles. The molecule has 0 heterocycles. The van der Waals surface area contributed by atoms with Gasteiger partial charge in [0.1, 0.15) is 0 Å². The molecule has 12 aromatic rings. The summed E-state index contributed by atoms with van der Waals surface area (Å²) in [6.45, 7) is 0. The Kier molecular flexibility index (Phi) is 7.96. The van der Waals surface area contributed by atoms with Crippen molar-refractivity contribution in [2.24, 2.45) is 0 Å². The molecule has 0 aromatic heterocycles. The van der Waals surface area contributed by atoms with Gasteiger partial charge in [0.15, 0.2) is 0 Å². The van der Waals surface area contributed by atoms with Crippen LogP contribution in [0.1, 0.15) is 0 Å². The Bertz CT molecular complexity index is 3640. The zero-order valence-electron chi connectivity index (χ0n) is 32.9. The molecule has 0 N–H and O–H groups in total. The van der Waals surface area contributed by atoms with E-state index in [0.29, 0.717) is 0 Å². The van der Waals surface area contributed by atoms with E-state index in [-0.39, 0.29) is 0 Å². The van der Waals surface area contributed by atoms with Crippen LogP contribution < -0.4 is 0 Å². The summed E-state index contributed by atoms with van der Waals surface area (Å²) in [5.74, 6) is 0. The minimum absolute atomic E-state index is 1.23. The van der Waals surface area contributed by atoms with Crippen LogP contribution >= 0.6 is 0 Å². The van der Waals surface area contributed by atoms with Crippen LogP contribution in [0.2, 0.25) is 0 Å². The topological polar surface area (TPSA) is 0 Å². The lowest BCUT2D eigenvalue weighted by Gasteiger charge is -2.12. The smallest absolute Gasteiger partial charge is 0.0105 e. The summed E-state index contributed by atoms with van der Waals surface area (Å²) >= 11 is 0. The fraction of sp³-hybridized carbons (Fsp3) is 0. The predicted molar refractivity (Wildman–Crippen MR) is 259 cm³/mol. The van der Waals surface area contributed by atoms with Gasteiger partial charge in [0.2, 0.25) is 0 Å². The maximum atomic E-state index is 2.34. The van der Waals surface area contributed by atoms with E-state index in [9.17, 15) is 0 Å². The molecule has 0 heteroatoms. The largest absolute Gasteiger partial charge is 0.0616 e. The first-order valence-electron chi connectivity index (χ1n) is 20.8. The number of hydrogen-bond donors (Lipinski definition) is 0. The maximum Gasteiger partial charge on any atom is -0.0105 e. The summed E-state index contributed by atoms with van der Waals surface area (Å²) in [5, 5.41) is 15.2. The average molecular weight is 759 g/mol. The fourth-order valence-electron chi connectivity index (χ4n) is 9.43. The van der Waals surface area contributed by atoms with Gasteiger partial charge in [-0.1, -0.05) is 194 Å². The zero-order chi connectivity index (χ0) is 39.6. The van der Waals surface area contributed by atoms with Crippen LogP contribution in [0.4, 0.5) is 0 Å². The highest BCUT2D eigenvalue weighted by atomic mass is 14.1. The normalized spacial score (nSPS) is 11.7. The minimum Gasteiger partial charge on any atom is -0.0616 e. The second-order valence-electron chi connectivity index (χ2n) is 16.1. The molecule has 0 spiro atoms. The summed E-state index contributed by atoms with van der Waals surface area (Å²) in [4.78, 5) is 0. The van der Waals surface area contributed by atoms with Gasteiger partial charge in [0.05, 0.1) is 0 Å². The lowest BCUT2D eigenvalue weighted by molar-refractivity contribution is 1.61. The third-order valence-corrected chi connectivity index (χ3v) is 12.6. The maximum absolute atomic E-state index is 2.34. The highest BCUT2D eigenvalue weighted by Crippen LogP contribution is 2.37. The van der Waals surface area contributed by atoms with Gasteiger partial charge >= 0.3 is 0 Å². The second kappa shape index (κ2) is 13.9. The van der Waals surface area contributed by atoms with Gasteiger partial charge in [-0.25, -0.2) is 0 Å². The van der Waals surface area contributed by atoms with E-state index in [0.717, 1.165) is 0 Å². The molecule has 0 saturated heterocycles. The molecule has 0 nitrogen and oxygen atoms in total. The van der Waals surface area contributed by atoms with E-state index in [4.69, 9.17) is 0 Å². The van der Waals surface area contributed by atoms with E-state index in [2.05, 4.69) is 231 Å². The highest BCUT2D eigenvalue weighted by Gasteiger charge is 2.11. The zero-order valence-corrected chi connectivity index (χ0v) is 32.9. The number of rotatable bonds is 5. The predicted octanol–water partition coefficient (Wildman–Crippen LogP) is 16.9. The van der Waals surface area contributed by atoms with Crippen molar-refractivity contribution in [3.05, 3.63) is 231 Å². The van der Waals surface area contributed by atoms with Gasteiger partial charge in [0, 0.05) is 0 Å². The molecule has 12 aromatic carbocycles. The Hall–Kier alpha value is -7.80. The van der Waals surface area contributed by atoms with E-state index >= 15 is 0 Å². The molecule has 12 rings (SSSR count). The van der Waals surface area contributed by atoms with Gasteiger partial charge in [-0.15, -0.1) is 0 Å². The average Bonchev–Trinajstić information content (AvgIpc) is 3.33. The van der Waals surface area contributed by atoms with Crippen molar-refractivity contribution >= 4 is 64.6 Å². The molecule has 0 radical (unpaired) electrons. The Morgan fingerprint density at radius 3 is 1.05 bits per heavy atom. The first kappa shape index (κ1) is 34.3. The molecule has 0 amide bonds. The van der Waals surface area contributed by atoms with E-state index in [1.807, 2.05) is 0 Å². The number of benzene rings is 12. The third kappa shape index (κ3) is 5.93. The molecule has 0 unspecified atom stereocenters. The molecule has 0 atom stereocenters. The van der Waals surface area contributed by atoms with Crippen LogP contribution in [0, 0.1) is 0 Å². The summed E-state index contributed by atoms with van der Waals surface area (Å²) in [7, 11) is 0. The highest BCUT2D eigenvalue weighted by molar-refractivity contribution is 6.11. The van der Waals surface area contributed by atoms with E-state index in [1.165, 1.54) is 120 Å². The molecular weight excluding hydrogens is 721 g/mol. The molecule has 0 aliphatic heterocycles. The number of hydrogen-bond acceptors (Lipinski definition) is 0. The van der Waals surface area contributed by atoms with Gasteiger partial charge in [-0.3, -0.25) is 0 Å². The Labute approximate surface area is 349 Å². The van der Waals surface area contributed by atoms with Crippen LogP contribution in [0.25, 0.3) is 120 Å². The standard InChI is InChI=1S/C60H38/c1-2-9-43-33-47(20-17-39(43)7-1)44-11-5-12-45(34-44)48-26-30-58-52(36-48)23-24-54-38-50(28-32-60(54)58)49-27-31-59-53(37-49)22-21-51-35-46(25-29-57(51)59)40-15-18-42(19-16-40)56-14-6-10-41-8-3-4-13-55(41)56/h1-38H. The van der Waals surface area contributed by atoms with Crippen molar-refractivity contribution in [1.82, 2.24) is 0 Å². The second-order valence-corrected chi connectivity index (χ2v) is 16.1. The van der Waals surface area contributed by atoms with Crippen molar-refractivity contribution in [3.63, 3.8) is 0 Å². The quantitative estimate of drug-likeness (QED) is 0.153. The molecule has 0 bridgehead atoms. The third-order valence-electron chi connectivity index (χ3n) is 12.6. The molecule has 278 valence electrons. The van der Waals surface area contributed by atoms with Crippen LogP contribution in [0.5, 0.6) is 0 Å². The van der Waals surface area contributed by atoms with Crippen LogP contribution in [0.3, 0.4) is 0 Å². The Morgan fingerprint density at radius 1 is 0.150 bits per heavy atom. The fourth-order valence-corrected chi connectivity index (χ4v) is 9.43. The molecule has 0 aliphatic rings. The molecule has 0 fully saturated rings. The Balaban J connectivity index is 0.819. The monoisotopic (exact) mass is 758 g/mol. The lowest BCUT2D eigenvalue weighted by Crippen LogP contribution is -1.85. The van der Waals surface area contributed by atoms with E-state index < -0.39 is 0 Å². The lowest BCUT2D eigenvalue weighted by atomic mass is 9.92. The van der Waals surface area contributed by atoms with Crippen LogP contribution in [0.15, 0.2) is 231 Å². The van der Waals surface area contributed by atoms with Crippen molar-refractivity contribution in [2.75, 3.05) is 0 Å². The van der Waals surface area contributed by atoms with Gasteiger partial charge in [-0.2, -0.15) is 0 Å². The van der Waals surface area contributed by atoms with Gasteiger partial charge in [-0.05, 0) is 157 Å². The van der Waals surface area contributed by atoms with Crippen molar-refractivity contribution in [1.29, 1.82) is 0 Å². The van der Waals surface area contributed by atoms with Gasteiger partial charge in [0.25, 0.3) is 0 Å². The first-order valence-corrected chi connectivity index (χ1v) is 20.8. The minimum atomic E-state index is 1.23. The summed E-state index contributed by atoms with van der Waals surface area (Å²) < 4.78 is 0. The first-order chi connectivity index (χ1) is 29.7. The summed E-state index contributed by atoms with van der Waals surface area (Å²) in [6.07, 6.45) is 0. The molecule has 0 aliphatic carbocycles. The number of fused-ring (bicyclic) bond motifs is 8. The van der Waals surface area contributed by atoms with Crippen molar-refractivity contribution in [3.8, 4) is 55.6 Å². The SMILES string of the molecule is c1cc(-c2ccc3ccccc3c2)cc(-c2ccc3c(ccc4cc(-c5ccc6c(ccc7cc(-c8ccc(-c9cccc%10ccccc9%10)cc8)ccc76)c5)ccc43)c2)c1. The summed E-state index contributed by atoms with van der Waals surface area (Å²) in [5.41, 5.74) is 12.4. The van der Waals surface area contributed by atoms with E-state index in [1.54, 1.807) is 0 Å². The summed E-state index contributed by atoms with van der Waals surface area (Å²) in [6, 6.07) is 85.1. The molecular formula is C60H38. The van der Waals surface area contributed by atoms with Crippen LogP contribution in [-0.2, 0) is 0 Å². The van der Waals surface area contributed by atoms with Crippen LogP contribution in [-0.4, -0.2) is 0 Å². The van der Waals surface area contributed by atoms with Crippen molar-refractivity contribution < 1.29 is 0 Å².